The summed E-state index contributed by atoms with van der Waals surface area (Å²) in [7, 11) is -3.89. The number of benzene rings is 4. The number of aryl methyl sites for hydroxylation is 1. The molecule has 0 unspecified atom stereocenters. The van der Waals surface area contributed by atoms with Crippen LogP contribution in [-0.4, -0.2) is 8.42 Å². The van der Waals surface area contributed by atoms with Gasteiger partial charge in [0.15, 0.2) is 0 Å². The number of ether oxygens (including phenoxy) is 1. The number of halogens is 1. The predicted octanol–water partition coefficient (Wildman–Crippen LogP) is 6.30. The maximum Gasteiger partial charge on any atom is 0.210 e. The summed E-state index contributed by atoms with van der Waals surface area (Å²) in [5.41, 5.74) is 1.41. The van der Waals surface area contributed by atoms with Crippen molar-refractivity contribution in [3.8, 4) is 17.6 Å². The zero-order valence-corrected chi connectivity index (χ0v) is 17.5. The van der Waals surface area contributed by atoms with Crippen molar-refractivity contribution in [1.82, 2.24) is 0 Å². The molecule has 0 aliphatic carbocycles. The van der Waals surface area contributed by atoms with Gasteiger partial charge in [-0.2, -0.15) is 5.26 Å². The van der Waals surface area contributed by atoms with Crippen molar-refractivity contribution in [2.75, 3.05) is 0 Å². The molecular weight excluding hydrogens is 418 g/mol. The lowest BCUT2D eigenvalue weighted by molar-refractivity contribution is 0.469. The van der Waals surface area contributed by atoms with Crippen LogP contribution >= 0.6 is 11.6 Å². The van der Waals surface area contributed by atoms with Gasteiger partial charge >= 0.3 is 0 Å². The topological polar surface area (TPSA) is 67.2 Å². The molecule has 0 aliphatic heterocycles. The molecule has 0 heterocycles. The molecule has 0 saturated carbocycles. The Hall–Kier alpha value is -3.33. The lowest BCUT2D eigenvalue weighted by atomic mass is 10.1. The van der Waals surface area contributed by atoms with Crippen LogP contribution in [0.5, 0.6) is 11.5 Å². The monoisotopic (exact) mass is 433 g/mol. The van der Waals surface area contributed by atoms with Crippen molar-refractivity contribution in [2.45, 2.75) is 16.7 Å². The number of nitriles is 1. The van der Waals surface area contributed by atoms with Crippen LogP contribution in [0, 0.1) is 18.3 Å². The van der Waals surface area contributed by atoms with E-state index in [0.717, 1.165) is 5.56 Å². The van der Waals surface area contributed by atoms with Gasteiger partial charge < -0.3 is 4.74 Å². The van der Waals surface area contributed by atoms with Crippen LogP contribution in [0.1, 0.15) is 11.1 Å². The van der Waals surface area contributed by atoms with Crippen LogP contribution in [0.4, 0.5) is 0 Å². The Bertz CT molecular complexity index is 1390. The molecule has 4 aromatic rings. The number of sulfone groups is 1. The SMILES string of the molecule is Cc1ccc(S(=O)(=O)c2c(Oc3ccc(Cl)cc3)ccc3cc(C#N)ccc23)cc1. The first-order valence-electron chi connectivity index (χ1n) is 9.10. The van der Waals surface area contributed by atoms with E-state index in [1.165, 1.54) is 0 Å². The molecule has 0 spiro atoms. The van der Waals surface area contributed by atoms with Gasteiger partial charge in [0.05, 0.1) is 16.5 Å². The van der Waals surface area contributed by atoms with Gasteiger partial charge in [-0.05, 0) is 66.9 Å². The standard InChI is InChI=1S/C24H16ClNO3S/c1-16-2-10-21(11-3-16)30(27,28)24-22-12-4-17(15-26)14-18(22)5-13-23(24)29-20-8-6-19(25)7-9-20/h2-14H,1H3. The Labute approximate surface area is 179 Å². The normalized spacial score (nSPS) is 11.2. The molecule has 0 atom stereocenters. The number of hydrogen-bond donors (Lipinski definition) is 0. The largest absolute Gasteiger partial charge is 0.456 e. The molecule has 0 N–H and O–H groups in total. The number of hydrogen-bond acceptors (Lipinski definition) is 4. The smallest absolute Gasteiger partial charge is 0.210 e. The zero-order valence-electron chi connectivity index (χ0n) is 16.0. The molecule has 148 valence electrons. The van der Waals surface area contributed by atoms with Crippen LogP contribution in [0.3, 0.4) is 0 Å². The molecule has 0 amide bonds. The Balaban J connectivity index is 1.96. The molecular formula is C24H16ClNO3S. The van der Waals surface area contributed by atoms with Crippen LogP contribution in [0.25, 0.3) is 10.8 Å². The molecule has 0 saturated heterocycles. The molecule has 0 bridgehead atoms. The second-order valence-corrected chi connectivity index (χ2v) is 9.14. The number of fused-ring (bicyclic) bond motifs is 1. The van der Waals surface area contributed by atoms with Gasteiger partial charge in [0.25, 0.3) is 0 Å². The van der Waals surface area contributed by atoms with Crippen molar-refractivity contribution in [1.29, 1.82) is 5.26 Å². The Morgan fingerprint density at radius 3 is 2.27 bits per heavy atom. The molecule has 4 rings (SSSR count). The van der Waals surface area contributed by atoms with Crippen molar-refractivity contribution < 1.29 is 13.2 Å². The van der Waals surface area contributed by atoms with E-state index in [0.29, 0.717) is 27.1 Å². The molecule has 6 heteroatoms. The molecule has 4 nitrogen and oxygen atoms in total. The summed E-state index contributed by atoms with van der Waals surface area (Å²) in [6.07, 6.45) is 0. The van der Waals surface area contributed by atoms with Crippen molar-refractivity contribution in [3.63, 3.8) is 0 Å². The quantitative estimate of drug-likeness (QED) is 0.378. The summed E-state index contributed by atoms with van der Waals surface area (Å²) >= 11 is 5.94. The second-order valence-electron chi connectivity index (χ2n) is 6.81. The fraction of sp³-hybridized carbons (Fsp3) is 0.0417. The summed E-state index contributed by atoms with van der Waals surface area (Å²) in [5, 5.41) is 10.9. The van der Waals surface area contributed by atoms with Gasteiger partial charge in [0.1, 0.15) is 16.4 Å². The van der Waals surface area contributed by atoms with E-state index in [4.69, 9.17) is 16.3 Å². The first kappa shape index (κ1) is 20.0. The molecule has 0 aliphatic rings. The fourth-order valence-corrected chi connectivity index (χ4v) is 4.88. The minimum Gasteiger partial charge on any atom is -0.456 e. The molecule has 0 radical (unpaired) electrons. The zero-order chi connectivity index (χ0) is 21.3. The first-order chi connectivity index (χ1) is 14.4. The third-order valence-corrected chi connectivity index (χ3v) is 6.81. The van der Waals surface area contributed by atoms with E-state index in [9.17, 15) is 13.7 Å². The molecule has 0 aromatic heterocycles. The Kier molecular flexibility index (Phi) is 5.21. The average molecular weight is 434 g/mol. The van der Waals surface area contributed by atoms with E-state index >= 15 is 0 Å². The summed E-state index contributed by atoms with van der Waals surface area (Å²) in [6.45, 7) is 1.90. The van der Waals surface area contributed by atoms with Gasteiger partial charge in [-0.15, -0.1) is 0 Å². The maximum absolute atomic E-state index is 13.6. The number of rotatable bonds is 4. The lowest BCUT2D eigenvalue weighted by Gasteiger charge is -2.15. The minimum absolute atomic E-state index is 0.0586. The average Bonchev–Trinajstić information content (AvgIpc) is 2.75. The van der Waals surface area contributed by atoms with Crippen molar-refractivity contribution >= 4 is 32.2 Å². The van der Waals surface area contributed by atoms with Gasteiger partial charge in [-0.3, -0.25) is 0 Å². The Morgan fingerprint density at radius 1 is 0.900 bits per heavy atom. The van der Waals surface area contributed by atoms with Gasteiger partial charge in [0.2, 0.25) is 9.84 Å². The highest BCUT2D eigenvalue weighted by Crippen LogP contribution is 2.38. The maximum atomic E-state index is 13.6. The van der Waals surface area contributed by atoms with E-state index in [-0.39, 0.29) is 15.5 Å². The van der Waals surface area contributed by atoms with E-state index in [1.807, 2.05) is 6.92 Å². The van der Waals surface area contributed by atoms with E-state index in [2.05, 4.69) is 6.07 Å². The second kappa shape index (κ2) is 7.83. The third kappa shape index (κ3) is 3.76. The van der Waals surface area contributed by atoms with Crippen LogP contribution in [-0.2, 0) is 9.84 Å². The highest BCUT2D eigenvalue weighted by atomic mass is 35.5. The first-order valence-corrected chi connectivity index (χ1v) is 11.0. The summed E-state index contributed by atoms with van der Waals surface area (Å²) in [6, 6.07) is 23.7. The summed E-state index contributed by atoms with van der Waals surface area (Å²) < 4.78 is 33.2. The molecule has 4 aromatic carbocycles. The highest BCUT2D eigenvalue weighted by molar-refractivity contribution is 7.91. The highest BCUT2D eigenvalue weighted by Gasteiger charge is 2.26. The van der Waals surface area contributed by atoms with Crippen molar-refractivity contribution in [2.24, 2.45) is 0 Å². The van der Waals surface area contributed by atoms with Crippen LogP contribution in [0.2, 0.25) is 5.02 Å². The van der Waals surface area contributed by atoms with Crippen molar-refractivity contribution in [3.05, 3.63) is 95.0 Å². The Morgan fingerprint density at radius 2 is 1.60 bits per heavy atom. The lowest BCUT2D eigenvalue weighted by Crippen LogP contribution is -2.05. The van der Waals surface area contributed by atoms with Gasteiger partial charge in [0, 0.05) is 10.4 Å². The van der Waals surface area contributed by atoms with Gasteiger partial charge in [-0.25, -0.2) is 8.42 Å². The molecule has 30 heavy (non-hydrogen) atoms. The van der Waals surface area contributed by atoms with E-state index in [1.54, 1.807) is 78.9 Å². The van der Waals surface area contributed by atoms with E-state index < -0.39 is 9.84 Å². The summed E-state index contributed by atoms with van der Waals surface area (Å²) in [5.74, 6) is 0.669. The number of nitrogens with zero attached hydrogens (tertiary/aromatic N) is 1. The van der Waals surface area contributed by atoms with Gasteiger partial charge in [-0.1, -0.05) is 41.4 Å². The fourth-order valence-electron chi connectivity index (χ4n) is 3.17. The van der Waals surface area contributed by atoms with Crippen LogP contribution < -0.4 is 4.74 Å². The molecule has 0 fully saturated rings. The summed E-state index contributed by atoms with van der Waals surface area (Å²) in [4.78, 5) is 0.231. The third-order valence-electron chi connectivity index (χ3n) is 4.70. The predicted molar refractivity (Wildman–Crippen MR) is 117 cm³/mol. The van der Waals surface area contributed by atoms with Crippen LogP contribution in [0.15, 0.2) is 88.7 Å². The minimum atomic E-state index is -3.89.